The Morgan fingerprint density at radius 2 is 1.65 bits per heavy atom. The van der Waals surface area contributed by atoms with Gasteiger partial charge in [0.25, 0.3) is 0 Å². The van der Waals surface area contributed by atoms with Crippen LogP contribution in [0.25, 0.3) is 0 Å². The first-order valence-corrected chi connectivity index (χ1v) is 5.86. The van der Waals surface area contributed by atoms with Crippen molar-refractivity contribution in [3.05, 3.63) is 65.5 Å². The molecule has 2 nitrogen and oxygen atoms in total. The summed E-state index contributed by atoms with van der Waals surface area (Å²) in [7, 11) is 0. The van der Waals surface area contributed by atoms with Crippen molar-refractivity contribution in [3.63, 3.8) is 0 Å². The van der Waals surface area contributed by atoms with Crippen LogP contribution in [0.3, 0.4) is 0 Å². The van der Waals surface area contributed by atoms with Crippen LogP contribution in [0, 0.1) is 5.82 Å². The predicted molar refractivity (Wildman–Crippen MR) is 68.3 cm³/mol. The molecule has 0 amide bonds. The highest BCUT2D eigenvalue weighted by Crippen LogP contribution is 2.31. The normalized spacial score (nSPS) is 11.4. The van der Waals surface area contributed by atoms with Gasteiger partial charge in [-0.25, -0.2) is 9.82 Å². The molecule has 0 bridgehead atoms. The van der Waals surface area contributed by atoms with Crippen LogP contribution < -0.4 is 10.9 Å². The molecule has 106 valence electrons. The van der Waals surface area contributed by atoms with Crippen LogP contribution in [0.2, 0.25) is 0 Å². The fourth-order valence-electron chi connectivity index (χ4n) is 1.67. The van der Waals surface area contributed by atoms with Gasteiger partial charge in [-0.3, -0.25) is 0 Å². The molecule has 2 N–H and O–H groups in total. The third-order valence-electron chi connectivity index (χ3n) is 2.64. The molecule has 0 saturated heterocycles. The maximum Gasteiger partial charge on any atom is 0.419 e. The van der Waals surface area contributed by atoms with Gasteiger partial charge in [-0.05, 0) is 29.8 Å². The number of benzene rings is 2. The van der Waals surface area contributed by atoms with Gasteiger partial charge in [0.2, 0.25) is 0 Å². The Balaban J connectivity index is 2.00. The van der Waals surface area contributed by atoms with Gasteiger partial charge in [0.05, 0.1) is 5.56 Å². The van der Waals surface area contributed by atoms with E-state index in [1.54, 1.807) is 12.1 Å². The molecule has 0 fully saturated rings. The van der Waals surface area contributed by atoms with E-state index in [1.165, 1.54) is 6.07 Å². The Hall–Kier alpha value is -2.08. The van der Waals surface area contributed by atoms with Gasteiger partial charge >= 0.3 is 6.18 Å². The Morgan fingerprint density at radius 3 is 2.30 bits per heavy atom. The van der Waals surface area contributed by atoms with Crippen molar-refractivity contribution in [2.24, 2.45) is 0 Å². The SMILES string of the molecule is Fc1ccc(CNNc2ccccc2)cc1C(F)(F)F. The van der Waals surface area contributed by atoms with Crippen LogP contribution in [-0.2, 0) is 12.7 Å². The fraction of sp³-hybridized carbons (Fsp3) is 0.143. The van der Waals surface area contributed by atoms with Gasteiger partial charge in [-0.15, -0.1) is 0 Å². The summed E-state index contributed by atoms with van der Waals surface area (Å²) >= 11 is 0. The molecule has 20 heavy (non-hydrogen) atoms. The summed E-state index contributed by atoms with van der Waals surface area (Å²) < 4.78 is 50.7. The second-order valence-corrected chi connectivity index (χ2v) is 4.16. The van der Waals surface area contributed by atoms with Crippen LogP contribution in [-0.4, -0.2) is 0 Å². The Morgan fingerprint density at radius 1 is 0.950 bits per heavy atom. The van der Waals surface area contributed by atoms with Crippen LogP contribution in [0.4, 0.5) is 23.2 Å². The molecule has 0 saturated carbocycles. The van der Waals surface area contributed by atoms with Crippen molar-refractivity contribution >= 4 is 5.69 Å². The zero-order valence-electron chi connectivity index (χ0n) is 10.3. The molecule has 0 radical (unpaired) electrons. The van der Waals surface area contributed by atoms with Crippen molar-refractivity contribution in [2.75, 3.05) is 5.43 Å². The molecule has 0 atom stereocenters. The monoisotopic (exact) mass is 284 g/mol. The second kappa shape index (κ2) is 5.92. The number of anilines is 1. The number of halogens is 4. The first-order chi connectivity index (χ1) is 9.47. The summed E-state index contributed by atoms with van der Waals surface area (Å²) in [4.78, 5) is 0. The average Bonchev–Trinajstić information content (AvgIpc) is 2.40. The van der Waals surface area contributed by atoms with Crippen molar-refractivity contribution in [3.8, 4) is 0 Å². The topological polar surface area (TPSA) is 24.1 Å². The number of alkyl halides is 3. The summed E-state index contributed by atoms with van der Waals surface area (Å²) in [5.74, 6) is -1.27. The number of hydrogen-bond acceptors (Lipinski definition) is 2. The highest BCUT2D eigenvalue weighted by Gasteiger charge is 2.34. The average molecular weight is 284 g/mol. The molecule has 2 rings (SSSR count). The number of hydrazine groups is 1. The molecule has 0 aromatic heterocycles. The zero-order valence-corrected chi connectivity index (χ0v) is 10.3. The molecular formula is C14H12F4N2. The van der Waals surface area contributed by atoms with Crippen molar-refractivity contribution in [1.29, 1.82) is 0 Å². The molecule has 2 aromatic rings. The molecule has 0 aliphatic rings. The van der Waals surface area contributed by atoms with Crippen LogP contribution in [0.5, 0.6) is 0 Å². The van der Waals surface area contributed by atoms with E-state index in [0.717, 1.165) is 17.8 Å². The van der Waals surface area contributed by atoms with E-state index in [2.05, 4.69) is 10.9 Å². The Kier molecular flexibility index (Phi) is 4.24. The standard InChI is InChI=1S/C14H12F4N2/c15-13-7-6-10(8-12(13)14(16,17)18)9-19-20-11-4-2-1-3-5-11/h1-8,19-20H,9H2. The minimum atomic E-state index is -4.69. The molecule has 2 aromatic carbocycles. The molecule has 0 unspecified atom stereocenters. The van der Waals surface area contributed by atoms with E-state index in [1.807, 2.05) is 18.2 Å². The van der Waals surface area contributed by atoms with Gasteiger partial charge in [0.15, 0.2) is 0 Å². The minimum Gasteiger partial charge on any atom is -0.321 e. The number of hydrogen-bond donors (Lipinski definition) is 2. The molecule has 0 aliphatic carbocycles. The zero-order chi connectivity index (χ0) is 14.6. The van der Waals surface area contributed by atoms with E-state index in [4.69, 9.17) is 0 Å². The highest BCUT2D eigenvalue weighted by atomic mass is 19.4. The molecule has 0 heterocycles. The van der Waals surface area contributed by atoms with Crippen molar-refractivity contribution in [2.45, 2.75) is 12.7 Å². The number of rotatable bonds is 4. The summed E-state index contributed by atoms with van der Waals surface area (Å²) in [6.07, 6.45) is -4.69. The van der Waals surface area contributed by atoms with Crippen LogP contribution >= 0.6 is 0 Å². The molecule has 0 spiro atoms. The van der Waals surface area contributed by atoms with Crippen molar-refractivity contribution in [1.82, 2.24) is 5.43 Å². The summed E-state index contributed by atoms with van der Waals surface area (Å²) in [6, 6.07) is 12.0. The van der Waals surface area contributed by atoms with Crippen LogP contribution in [0.1, 0.15) is 11.1 Å². The maximum atomic E-state index is 13.1. The first-order valence-electron chi connectivity index (χ1n) is 5.86. The minimum absolute atomic E-state index is 0.137. The van der Waals surface area contributed by atoms with Gasteiger partial charge in [-0.2, -0.15) is 13.2 Å². The summed E-state index contributed by atoms with van der Waals surface area (Å²) in [5.41, 5.74) is 5.48. The fourth-order valence-corrected chi connectivity index (χ4v) is 1.67. The van der Waals surface area contributed by atoms with Gasteiger partial charge in [-0.1, -0.05) is 24.3 Å². The smallest absolute Gasteiger partial charge is 0.321 e. The number of nitrogens with one attached hydrogen (secondary N) is 2. The molecule has 0 aliphatic heterocycles. The maximum absolute atomic E-state index is 13.1. The Labute approximate surface area is 113 Å². The lowest BCUT2D eigenvalue weighted by atomic mass is 10.1. The quantitative estimate of drug-likeness (QED) is 0.656. The van der Waals surface area contributed by atoms with E-state index in [0.29, 0.717) is 5.56 Å². The molecular weight excluding hydrogens is 272 g/mol. The Bertz CT molecular complexity index is 567. The van der Waals surface area contributed by atoms with E-state index < -0.39 is 17.6 Å². The van der Waals surface area contributed by atoms with E-state index >= 15 is 0 Å². The second-order valence-electron chi connectivity index (χ2n) is 4.16. The third kappa shape index (κ3) is 3.71. The number of para-hydroxylation sites is 1. The van der Waals surface area contributed by atoms with E-state index in [9.17, 15) is 17.6 Å². The van der Waals surface area contributed by atoms with Gasteiger partial charge in [0, 0.05) is 12.2 Å². The largest absolute Gasteiger partial charge is 0.419 e. The van der Waals surface area contributed by atoms with Gasteiger partial charge in [0.1, 0.15) is 5.82 Å². The lowest BCUT2D eigenvalue weighted by Crippen LogP contribution is -2.21. The van der Waals surface area contributed by atoms with Crippen LogP contribution in [0.15, 0.2) is 48.5 Å². The highest BCUT2D eigenvalue weighted by molar-refractivity contribution is 5.41. The van der Waals surface area contributed by atoms with Gasteiger partial charge < -0.3 is 5.43 Å². The third-order valence-corrected chi connectivity index (χ3v) is 2.64. The summed E-state index contributed by atoms with van der Waals surface area (Å²) in [5, 5.41) is 0. The molecule has 6 heteroatoms. The lowest BCUT2D eigenvalue weighted by molar-refractivity contribution is -0.140. The predicted octanol–water partition coefficient (Wildman–Crippen LogP) is 3.96. The van der Waals surface area contributed by atoms with E-state index in [-0.39, 0.29) is 6.54 Å². The van der Waals surface area contributed by atoms with Crippen molar-refractivity contribution < 1.29 is 17.6 Å². The lowest BCUT2D eigenvalue weighted by Gasteiger charge is -2.11. The first kappa shape index (κ1) is 14.3. The summed E-state index contributed by atoms with van der Waals surface area (Å²) in [6.45, 7) is 0.137.